The topological polar surface area (TPSA) is 38.3 Å². The number of hydrogen-bond acceptors (Lipinski definition) is 3. The molecule has 0 saturated carbocycles. The van der Waals surface area contributed by atoms with Crippen molar-refractivity contribution >= 4 is 33.2 Å². The third-order valence-corrected chi connectivity index (χ3v) is 3.47. The third kappa shape index (κ3) is 5.30. The molecular formula is C10H14BrNO2S. The predicted molar refractivity (Wildman–Crippen MR) is 64.7 cm³/mol. The summed E-state index contributed by atoms with van der Waals surface area (Å²) in [5, 5.41) is 0. The van der Waals surface area contributed by atoms with E-state index in [0.717, 1.165) is 16.6 Å². The minimum Gasteiger partial charge on any atom is -0.274 e. The molecule has 0 aromatic carbocycles. The monoisotopic (exact) mass is 291 g/mol. The fraction of sp³-hybridized carbons (Fsp3) is 0.500. The molecule has 0 unspecified atom stereocenters. The minimum absolute atomic E-state index is 0.0486. The van der Waals surface area contributed by atoms with Crippen LogP contribution in [0.2, 0.25) is 0 Å². The van der Waals surface area contributed by atoms with Gasteiger partial charge in [-0.3, -0.25) is 9.63 Å². The molecule has 0 bridgehead atoms. The normalized spacial score (nSPS) is 10.3. The number of aryl methyl sites for hydroxylation is 1. The maximum atomic E-state index is 11.2. The highest BCUT2D eigenvalue weighted by Gasteiger charge is 2.02. The van der Waals surface area contributed by atoms with Crippen LogP contribution in [0.5, 0.6) is 0 Å². The number of thiophene rings is 1. The number of nitrogens with one attached hydrogen (secondary N) is 1. The summed E-state index contributed by atoms with van der Waals surface area (Å²) in [4.78, 5) is 17.3. The van der Waals surface area contributed by atoms with E-state index in [1.54, 1.807) is 11.3 Å². The lowest BCUT2D eigenvalue weighted by molar-refractivity contribution is -0.133. The van der Waals surface area contributed by atoms with E-state index in [0.29, 0.717) is 13.0 Å². The summed E-state index contributed by atoms with van der Waals surface area (Å²) in [6.07, 6.45) is 2.30. The van der Waals surface area contributed by atoms with Crippen LogP contribution in [0.25, 0.3) is 0 Å². The summed E-state index contributed by atoms with van der Waals surface area (Å²) < 4.78 is 1.14. The maximum absolute atomic E-state index is 11.2. The summed E-state index contributed by atoms with van der Waals surface area (Å²) in [6, 6.07) is 4.11. The lowest BCUT2D eigenvalue weighted by Crippen LogP contribution is -2.23. The quantitative estimate of drug-likeness (QED) is 0.819. The van der Waals surface area contributed by atoms with Crippen molar-refractivity contribution in [3.8, 4) is 0 Å². The molecule has 0 aliphatic heterocycles. The number of amides is 1. The molecule has 5 heteroatoms. The smallest absolute Gasteiger partial charge is 0.243 e. The van der Waals surface area contributed by atoms with E-state index in [2.05, 4.69) is 27.5 Å². The second-order valence-corrected chi connectivity index (χ2v) is 5.57. The van der Waals surface area contributed by atoms with Gasteiger partial charge in [0.25, 0.3) is 0 Å². The maximum Gasteiger partial charge on any atom is 0.243 e. The molecule has 1 rings (SSSR count). The number of hydroxylamine groups is 1. The van der Waals surface area contributed by atoms with Gasteiger partial charge in [-0.05, 0) is 47.8 Å². The minimum atomic E-state index is -0.0486. The van der Waals surface area contributed by atoms with Gasteiger partial charge >= 0.3 is 0 Å². The van der Waals surface area contributed by atoms with E-state index in [1.165, 1.54) is 4.88 Å². The van der Waals surface area contributed by atoms with Crippen molar-refractivity contribution in [1.82, 2.24) is 5.48 Å². The molecule has 0 saturated heterocycles. The molecule has 1 N–H and O–H groups in total. The van der Waals surface area contributed by atoms with Crippen molar-refractivity contribution in [2.24, 2.45) is 0 Å². The molecule has 0 atom stereocenters. The molecule has 1 heterocycles. The van der Waals surface area contributed by atoms with Crippen LogP contribution in [-0.2, 0) is 16.1 Å². The summed E-state index contributed by atoms with van der Waals surface area (Å²) in [7, 11) is 0. The first-order valence-corrected chi connectivity index (χ1v) is 6.48. The van der Waals surface area contributed by atoms with Crippen molar-refractivity contribution < 1.29 is 9.63 Å². The predicted octanol–water partition coefficient (Wildman–Crippen LogP) is 2.90. The lowest BCUT2D eigenvalue weighted by atomic mass is 10.2. The fourth-order valence-corrected chi connectivity index (χ4v) is 2.64. The Kier molecular flexibility index (Phi) is 5.90. The third-order valence-electron chi connectivity index (χ3n) is 1.79. The Morgan fingerprint density at radius 2 is 2.40 bits per heavy atom. The summed E-state index contributed by atoms with van der Waals surface area (Å²) >= 11 is 5.12. The van der Waals surface area contributed by atoms with Crippen LogP contribution in [0.3, 0.4) is 0 Å². The molecule has 0 fully saturated rings. The zero-order chi connectivity index (χ0) is 11.1. The van der Waals surface area contributed by atoms with Crippen molar-refractivity contribution in [3.05, 3.63) is 20.8 Å². The Morgan fingerprint density at radius 1 is 1.60 bits per heavy atom. The van der Waals surface area contributed by atoms with Crippen molar-refractivity contribution in [2.45, 2.75) is 26.2 Å². The Morgan fingerprint density at radius 3 is 3.00 bits per heavy atom. The number of hydrogen-bond donors (Lipinski definition) is 1. The van der Waals surface area contributed by atoms with Crippen LogP contribution in [0.15, 0.2) is 15.9 Å². The molecule has 0 spiro atoms. The SMILES string of the molecule is CCONC(=O)CCCc1ccc(Br)s1. The van der Waals surface area contributed by atoms with Gasteiger partial charge in [0.15, 0.2) is 0 Å². The van der Waals surface area contributed by atoms with Crippen molar-refractivity contribution in [2.75, 3.05) is 6.61 Å². The molecular weight excluding hydrogens is 278 g/mol. The number of rotatable bonds is 6. The highest BCUT2D eigenvalue weighted by Crippen LogP contribution is 2.23. The Labute approximate surface area is 102 Å². The zero-order valence-corrected chi connectivity index (χ0v) is 11.0. The number of halogens is 1. The molecule has 1 aromatic heterocycles. The first-order valence-electron chi connectivity index (χ1n) is 4.87. The number of carbonyl (C=O) groups is 1. The lowest BCUT2D eigenvalue weighted by Gasteiger charge is -2.02. The number of carbonyl (C=O) groups excluding carboxylic acids is 1. The Balaban J connectivity index is 2.13. The van der Waals surface area contributed by atoms with Crippen LogP contribution in [0.4, 0.5) is 0 Å². The van der Waals surface area contributed by atoms with E-state index in [9.17, 15) is 4.79 Å². The average Bonchev–Trinajstić information content (AvgIpc) is 2.61. The van der Waals surface area contributed by atoms with Gasteiger partial charge < -0.3 is 0 Å². The largest absolute Gasteiger partial charge is 0.274 e. The molecule has 0 aliphatic rings. The average molecular weight is 292 g/mol. The second-order valence-electron chi connectivity index (χ2n) is 3.02. The standard InChI is InChI=1S/C10H14BrNO2S/c1-2-14-12-10(13)5-3-4-8-6-7-9(11)15-8/h6-7H,2-5H2,1H3,(H,12,13). The van der Waals surface area contributed by atoms with Gasteiger partial charge in [-0.2, -0.15) is 0 Å². The van der Waals surface area contributed by atoms with Crippen LogP contribution < -0.4 is 5.48 Å². The van der Waals surface area contributed by atoms with Gasteiger partial charge in [-0.1, -0.05) is 0 Å². The van der Waals surface area contributed by atoms with Crippen LogP contribution >= 0.6 is 27.3 Å². The zero-order valence-electron chi connectivity index (χ0n) is 8.59. The van der Waals surface area contributed by atoms with Crippen LogP contribution in [-0.4, -0.2) is 12.5 Å². The molecule has 1 aromatic rings. The summed E-state index contributed by atoms with van der Waals surface area (Å²) in [5.41, 5.74) is 2.38. The molecule has 84 valence electrons. The highest BCUT2D eigenvalue weighted by atomic mass is 79.9. The van der Waals surface area contributed by atoms with Gasteiger partial charge in [0.05, 0.1) is 10.4 Å². The second kappa shape index (κ2) is 6.98. The molecule has 1 amide bonds. The van der Waals surface area contributed by atoms with Gasteiger partial charge in [-0.25, -0.2) is 5.48 Å². The first kappa shape index (κ1) is 12.7. The summed E-state index contributed by atoms with van der Waals surface area (Å²) in [6.45, 7) is 2.34. The molecule has 0 radical (unpaired) electrons. The van der Waals surface area contributed by atoms with Crippen molar-refractivity contribution in [1.29, 1.82) is 0 Å². The molecule has 3 nitrogen and oxygen atoms in total. The Hall–Kier alpha value is -0.390. The van der Waals surface area contributed by atoms with Gasteiger partial charge in [0.2, 0.25) is 5.91 Å². The van der Waals surface area contributed by atoms with E-state index in [-0.39, 0.29) is 5.91 Å². The van der Waals surface area contributed by atoms with Crippen LogP contribution in [0.1, 0.15) is 24.6 Å². The highest BCUT2D eigenvalue weighted by molar-refractivity contribution is 9.11. The van der Waals surface area contributed by atoms with E-state index >= 15 is 0 Å². The van der Waals surface area contributed by atoms with Gasteiger partial charge in [0.1, 0.15) is 0 Å². The van der Waals surface area contributed by atoms with E-state index in [1.807, 2.05) is 13.0 Å². The molecule has 15 heavy (non-hydrogen) atoms. The van der Waals surface area contributed by atoms with E-state index < -0.39 is 0 Å². The van der Waals surface area contributed by atoms with Crippen molar-refractivity contribution in [3.63, 3.8) is 0 Å². The van der Waals surface area contributed by atoms with Gasteiger partial charge in [0, 0.05) is 11.3 Å². The Bertz CT molecular complexity index is 314. The van der Waals surface area contributed by atoms with E-state index in [4.69, 9.17) is 4.84 Å². The summed E-state index contributed by atoms with van der Waals surface area (Å²) in [5.74, 6) is -0.0486. The van der Waals surface area contributed by atoms with Crippen LogP contribution in [0, 0.1) is 0 Å². The first-order chi connectivity index (χ1) is 7.22. The molecule has 0 aliphatic carbocycles. The fourth-order valence-electron chi connectivity index (χ4n) is 1.11. The van der Waals surface area contributed by atoms with Gasteiger partial charge in [-0.15, -0.1) is 11.3 Å².